The van der Waals surface area contributed by atoms with Crippen molar-refractivity contribution in [2.24, 2.45) is 23.7 Å². The molecule has 1 fully saturated rings. The van der Waals surface area contributed by atoms with Crippen molar-refractivity contribution in [3.63, 3.8) is 0 Å². The van der Waals surface area contributed by atoms with E-state index < -0.39 is 28.6 Å². The molecule has 1 saturated carbocycles. The number of nitrogens with one attached hydrogen (secondary N) is 1. The van der Waals surface area contributed by atoms with Crippen molar-refractivity contribution >= 4 is 22.7 Å². The van der Waals surface area contributed by atoms with Crippen molar-refractivity contribution in [2.45, 2.75) is 19.4 Å². The smallest absolute Gasteiger partial charge is 0.307 e. The van der Waals surface area contributed by atoms with Crippen LogP contribution in [0.3, 0.4) is 0 Å². The predicted octanol–water partition coefficient (Wildman–Crippen LogP) is 0.393. The first-order valence-corrected chi connectivity index (χ1v) is 8.14. The van der Waals surface area contributed by atoms with Crippen LogP contribution in [0.5, 0.6) is 0 Å². The number of hydrogen-bond donors (Lipinski definition) is 2. The Labute approximate surface area is 114 Å². The van der Waals surface area contributed by atoms with Crippen molar-refractivity contribution in [3.05, 3.63) is 12.2 Å². The number of carboxylic acids is 1. The van der Waals surface area contributed by atoms with Gasteiger partial charge in [-0.3, -0.25) is 13.8 Å². The lowest BCUT2D eigenvalue weighted by atomic mass is 9.82. The van der Waals surface area contributed by atoms with Gasteiger partial charge in [-0.1, -0.05) is 12.2 Å². The molecule has 6 atom stereocenters. The molecule has 0 radical (unpaired) electrons. The second-order valence-corrected chi connectivity index (χ2v) is 6.97. The van der Waals surface area contributed by atoms with Gasteiger partial charge in [0.05, 0.1) is 11.8 Å². The Morgan fingerprint density at radius 2 is 1.95 bits per heavy atom. The van der Waals surface area contributed by atoms with Crippen LogP contribution in [0.4, 0.5) is 0 Å². The van der Waals surface area contributed by atoms with Crippen molar-refractivity contribution in [1.82, 2.24) is 5.32 Å². The number of amides is 1. The summed E-state index contributed by atoms with van der Waals surface area (Å²) in [4.78, 5) is 23.5. The summed E-state index contributed by atoms with van der Waals surface area (Å²) in [6.07, 6.45) is 6.21. The summed E-state index contributed by atoms with van der Waals surface area (Å²) >= 11 is 0. The highest BCUT2D eigenvalue weighted by atomic mass is 32.2. The highest BCUT2D eigenvalue weighted by Crippen LogP contribution is 2.48. The van der Waals surface area contributed by atoms with E-state index in [-0.39, 0.29) is 23.8 Å². The van der Waals surface area contributed by atoms with E-state index in [0.29, 0.717) is 5.75 Å². The first-order chi connectivity index (χ1) is 8.90. The van der Waals surface area contributed by atoms with Gasteiger partial charge in [0, 0.05) is 28.9 Å². The zero-order valence-corrected chi connectivity index (χ0v) is 11.9. The molecule has 2 bridgehead atoms. The van der Waals surface area contributed by atoms with E-state index in [1.54, 1.807) is 13.2 Å². The van der Waals surface area contributed by atoms with Crippen LogP contribution in [0.15, 0.2) is 12.2 Å². The molecule has 5 nitrogen and oxygen atoms in total. The number of fused-ring (bicyclic) bond motifs is 2. The summed E-state index contributed by atoms with van der Waals surface area (Å²) in [6, 6.07) is -0.198. The number of carbonyl (C=O) groups excluding carboxylic acids is 1. The first kappa shape index (κ1) is 14.2. The molecule has 0 saturated heterocycles. The van der Waals surface area contributed by atoms with E-state index >= 15 is 0 Å². The van der Waals surface area contributed by atoms with Crippen LogP contribution in [0.2, 0.25) is 0 Å². The number of hydrogen-bond acceptors (Lipinski definition) is 3. The summed E-state index contributed by atoms with van der Waals surface area (Å²) < 4.78 is 11.1. The minimum absolute atomic E-state index is 0.0196. The van der Waals surface area contributed by atoms with Gasteiger partial charge in [-0.2, -0.15) is 0 Å². The fourth-order valence-corrected chi connectivity index (χ4v) is 4.04. The lowest BCUT2D eigenvalue weighted by Gasteiger charge is -2.25. The average Bonchev–Trinajstić information content (AvgIpc) is 2.86. The zero-order chi connectivity index (χ0) is 14.2. The first-order valence-electron chi connectivity index (χ1n) is 6.41. The maximum atomic E-state index is 12.2. The van der Waals surface area contributed by atoms with Gasteiger partial charge in [0.1, 0.15) is 0 Å². The third-order valence-electron chi connectivity index (χ3n) is 3.92. The largest absolute Gasteiger partial charge is 0.481 e. The van der Waals surface area contributed by atoms with Gasteiger partial charge in [0.15, 0.2) is 0 Å². The number of rotatable bonds is 5. The molecule has 2 aliphatic rings. The maximum absolute atomic E-state index is 12.2. The molecule has 106 valence electrons. The van der Waals surface area contributed by atoms with Crippen LogP contribution in [-0.2, 0) is 20.4 Å². The summed E-state index contributed by atoms with van der Waals surface area (Å²) in [5.74, 6) is -1.82. The summed E-state index contributed by atoms with van der Waals surface area (Å²) in [5, 5.41) is 12.1. The minimum atomic E-state index is -0.978. The number of carboxylic acid groups (broad SMARTS) is 1. The standard InChI is InChI=1S/C13H19NO4S/c1-7(6-19(2)18)14-12(15)10-8-3-4-9(5-8)11(10)13(16)17/h3-4,7-11H,5-6H2,1-2H3,(H,14,15)(H,16,17)/t7?,8?,9?,10-,11+,19?/m0/s1. The average molecular weight is 285 g/mol. The zero-order valence-electron chi connectivity index (χ0n) is 11.0. The van der Waals surface area contributed by atoms with Crippen LogP contribution < -0.4 is 5.32 Å². The van der Waals surface area contributed by atoms with Gasteiger partial charge in [-0.05, 0) is 25.2 Å². The Kier molecular flexibility index (Phi) is 4.08. The Balaban J connectivity index is 2.04. The summed E-state index contributed by atoms with van der Waals surface area (Å²) in [6.45, 7) is 1.79. The van der Waals surface area contributed by atoms with Gasteiger partial charge in [0.25, 0.3) is 0 Å². The van der Waals surface area contributed by atoms with Crippen LogP contribution in [-0.4, -0.2) is 39.2 Å². The number of carbonyl (C=O) groups is 2. The molecule has 0 aromatic carbocycles. The third-order valence-corrected chi connectivity index (χ3v) is 4.89. The lowest BCUT2D eigenvalue weighted by molar-refractivity contribution is -0.147. The predicted molar refractivity (Wildman–Crippen MR) is 71.9 cm³/mol. The van der Waals surface area contributed by atoms with Crippen LogP contribution in [0.25, 0.3) is 0 Å². The molecule has 6 heteroatoms. The number of aliphatic carboxylic acids is 1. The SMILES string of the molecule is CC(CS(C)=O)NC(=O)[C@H]1C2C=CC(C2)[C@H]1C(=O)O. The molecule has 2 aliphatic carbocycles. The molecule has 2 rings (SSSR count). The van der Waals surface area contributed by atoms with Crippen molar-refractivity contribution in [1.29, 1.82) is 0 Å². The van der Waals surface area contributed by atoms with Gasteiger partial charge in [-0.25, -0.2) is 0 Å². The molecule has 1 amide bonds. The van der Waals surface area contributed by atoms with E-state index in [1.165, 1.54) is 0 Å². The molecule has 0 heterocycles. The maximum Gasteiger partial charge on any atom is 0.307 e. The van der Waals surface area contributed by atoms with Gasteiger partial charge in [0.2, 0.25) is 5.91 Å². The topological polar surface area (TPSA) is 83.5 Å². The van der Waals surface area contributed by atoms with E-state index in [9.17, 15) is 18.9 Å². The quantitative estimate of drug-likeness (QED) is 0.716. The molecule has 2 N–H and O–H groups in total. The van der Waals surface area contributed by atoms with Crippen LogP contribution in [0, 0.1) is 23.7 Å². The van der Waals surface area contributed by atoms with Gasteiger partial charge < -0.3 is 10.4 Å². The van der Waals surface area contributed by atoms with Gasteiger partial charge >= 0.3 is 5.97 Å². The Bertz CT molecular complexity index is 448. The molecule has 19 heavy (non-hydrogen) atoms. The molecule has 4 unspecified atom stereocenters. The Morgan fingerprint density at radius 1 is 1.37 bits per heavy atom. The fourth-order valence-electron chi connectivity index (χ4n) is 3.25. The van der Waals surface area contributed by atoms with E-state index in [2.05, 4.69) is 5.32 Å². The molecular weight excluding hydrogens is 266 g/mol. The molecule has 0 aromatic rings. The third kappa shape index (κ3) is 2.88. The van der Waals surface area contributed by atoms with Crippen LogP contribution in [0.1, 0.15) is 13.3 Å². The summed E-state index contributed by atoms with van der Waals surface area (Å²) in [5.41, 5.74) is 0. The van der Waals surface area contributed by atoms with Crippen molar-refractivity contribution in [3.8, 4) is 0 Å². The molecule has 0 aliphatic heterocycles. The molecule has 0 spiro atoms. The lowest BCUT2D eigenvalue weighted by Crippen LogP contribution is -2.45. The fraction of sp³-hybridized carbons (Fsp3) is 0.692. The van der Waals surface area contributed by atoms with Crippen LogP contribution >= 0.6 is 0 Å². The van der Waals surface area contributed by atoms with E-state index in [4.69, 9.17) is 0 Å². The minimum Gasteiger partial charge on any atom is -0.481 e. The summed E-state index contributed by atoms with van der Waals surface area (Å²) in [7, 11) is -0.978. The molecular formula is C13H19NO4S. The van der Waals surface area contributed by atoms with Crippen molar-refractivity contribution in [2.75, 3.05) is 12.0 Å². The molecule has 0 aromatic heterocycles. The van der Waals surface area contributed by atoms with E-state index in [0.717, 1.165) is 6.42 Å². The van der Waals surface area contributed by atoms with Crippen molar-refractivity contribution < 1.29 is 18.9 Å². The van der Waals surface area contributed by atoms with E-state index in [1.807, 2.05) is 12.2 Å². The Morgan fingerprint density at radius 3 is 2.47 bits per heavy atom. The normalized spacial score (nSPS) is 35.1. The second-order valence-electron chi connectivity index (χ2n) is 5.49. The van der Waals surface area contributed by atoms with Gasteiger partial charge in [-0.15, -0.1) is 0 Å². The number of allylic oxidation sites excluding steroid dienone is 2. The monoisotopic (exact) mass is 285 g/mol. The highest BCUT2D eigenvalue weighted by Gasteiger charge is 2.51. The second kappa shape index (κ2) is 5.45. The Hall–Kier alpha value is -1.17. The highest BCUT2D eigenvalue weighted by molar-refractivity contribution is 7.84.